The molecule has 1 aromatic heterocycles. The number of hydrogen-bond donors (Lipinski definition) is 2. The molecule has 0 fully saturated rings. The van der Waals surface area contributed by atoms with E-state index in [0.29, 0.717) is 27.5 Å². The van der Waals surface area contributed by atoms with Crippen LogP contribution in [-0.2, 0) is 0 Å². The summed E-state index contributed by atoms with van der Waals surface area (Å²) in [6.45, 7) is 2.04. The number of anilines is 4. The largest absolute Gasteiger partial charge is 0.339 e. The van der Waals surface area contributed by atoms with Gasteiger partial charge < -0.3 is 10.6 Å². The van der Waals surface area contributed by atoms with Gasteiger partial charge in [-0.15, -0.1) is 0 Å². The Bertz CT molecular complexity index is 819. The molecule has 0 bridgehead atoms. The number of halogens is 2. The molecule has 2 N–H and O–H groups in total. The molecule has 1 heterocycles. The van der Waals surface area contributed by atoms with Crippen molar-refractivity contribution in [1.29, 1.82) is 0 Å². The highest BCUT2D eigenvalue weighted by Gasteiger charge is 2.05. The van der Waals surface area contributed by atoms with Gasteiger partial charge in [-0.3, -0.25) is 0 Å². The third kappa shape index (κ3) is 4.12. The third-order valence-corrected chi connectivity index (χ3v) is 3.72. The minimum Gasteiger partial charge on any atom is -0.339 e. The van der Waals surface area contributed by atoms with E-state index >= 15 is 0 Å². The van der Waals surface area contributed by atoms with Crippen molar-refractivity contribution in [3.8, 4) is 0 Å². The van der Waals surface area contributed by atoms with Crippen molar-refractivity contribution in [2.24, 2.45) is 0 Å². The van der Waals surface area contributed by atoms with E-state index in [2.05, 4.69) is 20.6 Å². The lowest BCUT2D eigenvalue weighted by molar-refractivity contribution is 1.16. The molecule has 0 amide bonds. The Hall–Kier alpha value is -2.30. The molecule has 0 atom stereocenters. The second-order valence-corrected chi connectivity index (χ2v) is 5.85. The summed E-state index contributed by atoms with van der Waals surface area (Å²) in [6, 6.07) is 15.0. The van der Waals surface area contributed by atoms with E-state index in [9.17, 15) is 0 Å². The average Bonchev–Trinajstić information content (AvgIpc) is 2.54. The highest BCUT2D eigenvalue weighted by Crippen LogP contribution is 2.28. The van der Waals surface area contributed by atoms with Crippen LogP contribution in [0.5, 0.6) is 0 Å². The second kappa shape index (κ2) is 6.86. The van der Waals surface area contributed by atoms with Crippen molar-refractivity contribution in [1.82, 2.24) is 9.97 Å². The van der Waals surface area contributed by atoms with Gasteiger partial charge in [-0.25, -0.2) is 4.98 Å². The molecule has 0 saturated carbocycles. The van der Waals surface area contributed by atoms with Gasteiger partial charge in [-0.2, -0.15) is 4.98 Å². The van der Waals surface area contributed by atoms with E-state index in [1.807, 2.05) is 31.2 Å². The van der Waals surface area contributed by atoms with Gasteiger partial charge in [0.15, 0.2) is 0 Å². The highest BCUT2D eigenvalue weighted by molar-refractivity contribution is 6.35. The highest BCUT2D eigenvalue weighted by atomic mass is 35.5. The summed E-state index contributed by atoms with van der Waals surface area (Å²) in [4.78, 5) is 8.64. The number of nitrogens with zero attached hydrogens (tertiary/aromatic N) is 2. The van der Waals surface area contributed by atoms with Crippen molar-refractivity contribution in [3.63, 3.8) is 0 Å². The zero-order valence-electron chi connectivity index (χ0n) is 12.3. The SMILES string of the molecule is Cc1ccc(Nc2nccc(Nc3cc(Cl)ccc3Cl)n2)cc1. The van der Waals surface area contributed by atoms with E-state index in [1.165, 1.54) is 5.56 Å². The molecule has 0 aliphatic heterocycles. The molecule has 4 nitrogen and oxygen atoms in total. The van der Waals surface area contributed by atoms with Crippen molar-refractivity contribution in [3.05, 3.63) is 70.3 Å². The molecular formula is C17H14Cl2N4. The van der Waals surface area contributed by atoms with Crippen LogP contribution in [0.25, 0.3) is 0 Å². The molecule has 0 aliphatic carbocycles. The quantitative estimate of drug-likeness (QED) is 0.648. The lowest BCUT2D eigenvalue weighted by atomic mass is 10.2. The maximum Gasteiger partial charge on any atom is 0.229 e. The van der Waals surface area contributed by atoms with Crippen molar-refractivity contribution >= 4 is 46.3 Å². The minimum atomic E-state index is 0.497. The van der Waals surface area contributed by atoms with E-state index < -0.39 is 0 Å². The first-order valence-electron chi connectivity index (χ1n) is 6.99. The van der Waals surface area contributed by atoms with E-state index in [1.54, 1.807) is 30.5 Å². The standard InChI is InChI=1S/C17H14Cl2N4/c1-11-2-5-13(6-3-11)21-17-20-9-8-16(23-17)22-15-10-12(18)4-7-14(15)19/h2-10H,1H3,(H2,20,21,22,23). The zero-order valence-corrected chi connectivity index (χ0v) is 13.9. The predicted molar refractivity (Wildman–Crippen MR) is 96.2 cm³/mol. The zero-order chi connectivity index (χ0) is 16.2. The Kier molecular flexibility index (Phi) is 4.65. The molecular weight excluding hydrogens is 331 g/mol. The molecule has 6 heteroatoms. The fourth-order valence-corrected chi connectivity index (χ4v) is 2.32. The average molecular weight is 345 g/mol. The number of aromatic nitrogens is 2. The van der Waals surface area contributed by atoms with Gasteiger partial charge in [-0.1, -0.05) is 40.9 Å². The Morgan fingerprint density at radius 1 is 0.913 bits per heavy atom. The Morgan fingerprint density at radius 3 is 2.48 bits per heavy atom. The van der Waals surface area contributed by atoms with E-state index in [-0.39, 0.29) is 0 Å². The summed E-state index contributed by atoms with van der Waals surface area (Å²) in [6.07, 6.45) is 1.67. The van der Waals surface area contributed by atoms with Crippen LogP contribution in [0.3, 0.4) is 0 Å². The normalized spacial score (nSPS) is 10.4. The molecule has 2 aromatic carbocycles. The molecule has 23 heavy (non-hydrogen) atoms. The molecule has 0 saturated heterocycles. The number of hydrogen-bond acceptors (Lipinski definition) is 4. The van der Waals surface area contributed by atoms with E-state index in [4.69, 9.17) is 23.2 Å². The van der Waals surface area contributed by atoms with Crippen molar-refractivity contribution in [2.75, 3.05) is 10.6 Å². The summed E-state index contributed by atoms with van der Waals surface area (Å²) in [5.41, 5.74) is 2.81. The summed E-state index contributed by atoms with van der Waals surface area (Å²) < 4.78 is 0. The summed E-state index contributed by atoms with van der Waals surface area (Å²) in [7, 11) is 0. The van der Waals surface area contributed by atoms with Crippen LogP contribution in [0.1, 0.15) is 5.56 Å². The molecule has 0 unspecified atom stereocenters. The van der Waals surface area contributed by atoms with E-state index in [0.717, 1.165) is 5.69 Å². The van der Waals surface area contributed by atoms with Crippen LogP contribution in [-0.4, -0.2) is 9.97 Å². The maximum absolute atomic E-state index is 6.15. The number of nitrogens with one attached hydrogen (secondary N) is 2. The molecule has 0 spiro atoms. The Labute approximate surface area is 144 Å². The van der Waals surface area contributed by atoms with Crippen LogP contribution in [0.2, 0.25) is 10.0 Å². The van der Waals surface area contributed by atoms with Crippen LogP contribution >= 0.6 is 23.2 Å². The number of aryl methyl sites for hydroxylation is 1. The van der Waals surface area contributed by atoms with Crippen molar-refractivity contribution < 1.29 is 0 Å². The summed E-state index contributed by atoms with van der Waals surface area (Å²) >= 11 is 12.1. The van der Waals surface area contributed by atoms with Crippen LogP contribution in [0.15, 0.2) is 54.7 Å². The van der Waals surface area contributed by atoms with Gasteiger partial charge in [0, 0.05) is 16.9 Å². The first-order chi connectivity index (χ1) is 11.1. The van der Waals surface area contributed by atoms with Crippen LogP contribution < -0.4 is 10.6 Å². The third-order valence-electron chi connectivity index (χ3n) is 3.15. The molecule has 3 rings (SSSR count). The second-order valence-electron chi connectivity index (χ2n) is 5.01. The fourth-order valence-electron chi connectivity index (χ4n) is 1.99. The monoisotopic (exact) mass is 344 g/mol. The maximum atomic E-state index is 6.15. The van der Waals surface area contributed by atoms with Gasteiger partial charge in [-0.05, 0) is 43.3 Å². The Balaban J connectivity index is 1.79. The minimum absolute atomic E-state index is 0.497. The first-order valence-corrected chi connectivity index (χ1v) is 7.74. The van der Waals surface area contributed by atoms with Gasteiger partial charge >= 0.3 is 0 Å². The summed E-state index contributed by atoms with van der Waals surface area (Å²) in [5.74, 6) is 1.12. The number of rotatable bonds is 4. The molecule has 0 aliphatic rings. The lowest BCUT2D eigenvalue weighted by Gasteiger charge is -2.10. The topological polar surface area (TPSA) is 49.8 Å². The number of benzene rings is 2. The van der Waals surface area contributed by atoms with Gasteiger partial charge in [0.25, 0.3) is 0 Å². The van der Waals surface area contributed by atoms with Crippen molar-refractivity contribution in [2.45, 2.75) is 6.92 Å². The molecule has 0 radical (unpaired) electrons. The molecule has 116 valence electrons. The van der Waals surface area contributed by atoms with Gasteiger partial charge in [0.1, 0.15) is 5.82 Å². The fraction of sp³-hybridized carbons (Fsp3) is 0.0588. The smallest absolute Gasteiger partial charge is 0.229 e. The predicted octanol–water partition coefficient (Wildman–Crippen LogP) is 5.58. The molecule has 3 aromatic rings. The van der Waals surface area contributed by atoms with Gasteiger partial charge in [0.05, 0.1) is 10.7 Å². The van der Waals surface area contributed by atoms with Crippen LogP contribution in [0, 0.1) is 6.92 Å². The Morgan fingerprint density at radius 2 is 1.70 bits per heavy atom. The van der Waals surface area contributed by atoms with Crippen LogP contribution in [0.4, 0.5) is 23.1 Å². The first kappa shape index (κ1) is 15.6. The summed E-state index contributed by atoms with van der Waals surface area (Å²) in [5, 5.41) is 7.47. The lowest BCUT2D eigenvalue weighted by Crippen LogP contribution is -2.00. The van der Waals surface area contributed by atoms with Gasteiger partial charge in [0.2, 0.25) is 5.95 Å².